The maximum atomic E-state index is 14.8. The molecule has 0 saturated heterocycles. The molecule has 0 bridgehead atoms. The molecular weight excluding hydrogens is 740 g/mol. The van der Waals surface area contributed by atoms with Gasteiger partial charge in [-0.2, -0.15) is 39.5 Å². The van der Waals surface area contributed by atoms with Crippen LogP contribution in [0.3, 0.4) is 0 Å². The van der Waals surface area contributed by atoms with Crippen LogP contribution in [0.4, 0.5) is 48.7 Å². The Morgan fingerprint density at radius 3 is 1.79 bits per heavy atom. The van der Waals surface area contributed by atoms with Crippen molar-refractivity contribution in [1.82, 2.24) is 5.32 Å². The van der Waals surface area contributed by atoms with Crippen LogP contribution in [0.15, 0.2) is 48.5 Å². The molecule has 0 aliphatic rings. The lowest BCUT2D eigenvalue weighted by molar-refractivity contribution is -0.155. The van der Waals surface area contributed by atoms with Crippen LogP contribution in [0.25, 0.3) is 11.1 Å². The molecule has 53 heavy (non-hydrogen) atoms. The fourth-order valence-electron chi connectivity index (χ4n) is 5.14. The van der Waals surface area contributed by atoms with Crippen molar-refractivity contribution in [3.63, 3.8) is 0 Å². The van der Waals surface area contributed by atoms with Crippen molar-refractivity contribution in [3.05, 3.63) is 87.7 Å². The van der Waals surface area contributed by atoms with Gasteiger partial charge in [-0.3, -0.25) is 4.79 Å². The maximum Gasteiger partial charge on any atom is 0.509 e. The second-order valence-electron chi connectivity index (χ2n) is 11.9. The standard InChI is InChI=1S/C34H31F10NO8/c1-15(2)23-11-24(26(51-4)12-25(23)35)22-6-5-19(32(36,37)38)9-18(22)14-45-16(3)29(53-31(50)52-27(30(48)49)13-28(46)47)17-7-20(33(39,40)41)10-21(8-17)34(42,43)44/h5-12,15-16,27,29,45H,13-14H2,1-4H3,(H,46,47)(H,48,49)/t16-,27?,29-/m0/s1. The molecule has 9 nitrogen and oxygen atoms in total. The largest absolute Gasteiger partial charge is 0.509 e. The van der Waals surface area contributed by atoms with Gasteiger partial charge in [0.2, 0.25) is 6.10 Å². The van der Waals surface area contributed by atoms with Crippen LogP contribution >= 0.6 is 0 Å². The second kappa shape index (κ2) is 16.3. The topological polar surface area (TPSA) is 131 Å². The highest BCUT2D eigenvalue weighted by Gasteiger charge is 2.39. The lowest BCUT2D eigenvalue weighted by Crippen LogP contribution is -2.36. The van der Waals surface area contributed by atoms with Crippen LogP contribution in [0, 0.1) is 5.82 Å². The van der Waals surface area contributed by atoms with Gasteiger partial charge in [-0.05, 0) is 71.5 Å². The Balaban J connectivity index is 2.17. The smallest absolute Gasteiger partial charge is 0.496 e. The first-order valence-electron chi connectivity index (χ1n) is 15.3. The van der Waals surface area contributed by atoms with Crippen LogP contribution in [-0.4, -0.2) is 47.6 Å². The molecule has 3 aromatic carbocycles. The van der Waals surface area contributed by atoms with E-state index in [4.69, 9.17) is 14.6 Å². The summed E-state index contributed by atoms with van der Waals surface area (Å²) in [6.07, 6.45) is -23.6. The number of hydrogen-bond acceptors (Lipinski definition) is 7. The monoisotopic (exact) mass is 771 g/mol. The summed E-state index contributed by atoms with van der Waals surface area (Å²) in [6, 6.07) is 3.40. The minimum atomic E-state index is -5.37. The van der Waals surface area contributed by atoms with E-state index in [9.17, 15) is 63.4 Å². The minimum absolute atomic E-state index is 0.0460. The second-order valence-corrected chi connectivity index (χ2v) is 11.9. The molecule has 3 N–H and O–H groups in total. The molecule has 3 aromatic rings. The SMILES string of the molecule is COc1cc(F)c(C(C)C)cc1-c1ccc(C(F)(F)F)cc1CN[C@@H](C)[C@H](OC(=O)OC(CC(=O)O)C(=O)O)c1cc(C(F)(F)F)cc(C(F)(F)F)c1. The first-order valence-corrected chi connectivity index (χ1v) is 15.3. The number of methoxy groups -OCH3 is 1. The van der Waals surface area contributed by atoms with Crippen molar-refractivity contribution in [1.29, 1.82) is 0 Å². The van der Waals surface area contributed by atoms with Crippen molar-refractivity contribution in [2.75, 3.05) is 7.11 Å². The Morgan fingerprint density at radius 2 is 1.32 bits per heavy atom. The highest BCUT2D eigenvalue weighted by molar-refractivity contribution is 5.81. The number of ether oxygens (including phenoxy) is 3. The third kappa shape index (κ3) is 11.0. The molecule has 0 radical (unpaired) electrons. The number of carboxylic acids is 2. The molecule has 0 aliphatic heterocycles. The number of alkyl halides is 9. The molecule has 3 atom stereocenters. The van der Waals surface area contributed by atoms with Crippen LogP contribution in [0.1, 0.15) is 72.6 Å². The first-order chi connectivity index (χ1) is 24.3. The van der Waals surface area contributed by atoms with E-state index < -0.39 is 102 Å². The molecule has 0 fully saturated rings. The number of hydrogen-bond donors (Lipinski definition) is 3. The van der Waals surface area contributed by atoms with Crippen LogP contribution in [0.5, 0.6) is 5.75 Å². The van der Waals surface area contributed by atoms with E-state index in [0.717, 1.165) is 25.1 Å². The van der Waals surface area contributed by atoms with Gasteiger partial charge in [0, 0.05) is 24.2 Å². The van der Waals surface area contributed by atoms with Gasteiger partial charge in [-0.1, -0.05) is 19.9 Å². The van der Waals surface area contributed by atoms with Gasteiger partial charge in [0.25, 0.3) is 0 Å². The van der Waals surface area contributed by atoms with Crippen LogP contribution in [0.2, 0.25) is 0 Å². The summed E-state index contributed by atoms with van der Waals surface area (Å²) in [6.45, 7) is 3.72. The zero-order valence-corrected chi connectivity index (χ0v) is 28.0. The summed E-state index contributed by atoms with van der Waals surface area (Å²) in [5, 5.41) is 20.8. The van der Waals surface area contributed by atoms with Gasteiger partial charge in [-0.15, -0.1) is 0 Å². The third-order valence-electron chi connectivity index (χ3n) is 7.77. The number of halogens is 10. The minimum Gasteiger partial charge on any atom is -0.496 e. The lowest BCUT2D eigenvalue weighted by Gasteiger charge is -2.28. The van der Waals surface area contributed by atoms with Crippen LogP contribution < -0.4 is 10.1 Å². The molecule has 19 heteroatoms. The molecule has 1 unspecified atom stereocenters. The fourth-order valence-corrected chi connectivity index (χ4v) is 5.14. The number of rotatable bonds is 13. The van der Waals surface area contributed by atoms with E-state index in [-0.39, 0.29) is 46.2 Å². The van der Waals surface area contributed by atoms with Gasteiger partial charge in [0.05, 0.1) is 30.2 Å². The van der Waals surface area contributed by atoms with Crippen molar-refractivity contribution >= 4 is 18.1 Å². The van der Waals surface area contributed by atoms with Gasteiger partial charge in [-0.25, -0.2) is 14.0 Å². The Hall–Kier alpha value is -5.07. The molecule has 0 amide bonds. The molecule has 0 heterocycles. The lowest BCUT2D eigenvalue weighted by atomic mass is 9.92. The summed E-state index contributed by atoms with van der Waals surface area (Å²) in [7, 11) is 1.17. The fraction of sp³-hybridized carbons (Fsp3) is 0.382. The summed E-state index contributed by atoms with van der Waals surface area (Å²) < 4.78 is 154. The average Bonchev–Trinajstić information content (AvgIpc) is 3.03. The molecule has 0 aliphatic carbocycles. The van der Waals surface area contributed by atoms with Crippen molar-refractivity contribution < 1.29 is 82.7 Å². The first kappa shape index (κ1) is 42.3. The van der Waals surface area contributed by atoms with E-state index >= 15 is 0 Å². The molecule has 3 rings (SSSR count). The number of carbonyl (C=O) groups excluding carboxylic acids is 1. The molecule has 290 valence electrons. The van der Waals surface area contributed by atoms with Gasteiger partial charge in [0.15, 0.2) is 0 Å². The summed E-state index contributed by atoms with van der Waals surface area (Å²) in [5.74, 6) is -4.93. The Bertz CT molecular complexity index is 1790. The number of nitrogens with one attached hydrogen (secondary N) is 1. The van der Waals surface area contributed by atoms with E-state index in [2.05, 4.69) is 10.1 Å². The summed E-state index contributed by atoms with van der Waals surface area (Å²) >= 11 is 0. The van der Waals surface area contributed by atoms with E-state index in [0.29, 0.717) is 6.07 Å². The Kier molecular flexibility index (Phi) is 13.0. The van der Waals surface area contributed by atoms with Crippen molar-refractivity contribution in [2.45, 2.75) is 76.4 Å². The summed E-state index contributed by atoms with van der Waals surface area (Å²) in [4.78, 5) is 35.2. The van der Waals surface area contributed by atoms with Gasteiger partial charge >= 0.3 is 36.6 Å². The van der Waals surface area contributed by atoms with Crippen molar-refractivity contribution in [2.24, 2.45) is 0 Å². The zero-order chi connectivity index (χ0) is 40.2. The van der Waals surface area contributed by atoms with E-state index in [1.807, 2.05) is 0 Å². The van der Waals surface area contributed by atoms with Crippen molar-refractivity contribution in [3.8, 4) is 16.9 Å². The van der Waals surface area contributed by atoms with E-state index in [1.54, 1.807) is 13.8 Å². The van der Waals surface area contributed by atoms with Crippen LogP contribution in [-0.2, 0) is 44.1 Å². The molecule has 0 spiro atoms. The number of carboxylic acid groups (broad SMARTS) is 2. The third-order valence-corrected chi connectivity index (χ3v) is 7.77. The average molecular weight is 772 g/mol. The predicted molar refractivity (Wildman–Crippen MR) is 164 cm³/mol. The van der Waals surface area contributed by atoms with Gasteiger partial charge in [0.1, 0.15) is 17.7 Å². The Morgan fingerprint density at radius 1 is 0.755 bits per heavy atom. The molecule has 0 saturated carbocycles. The predicted octanol–water partition coefficient (Wildman–Crippen LogP) is 8.98. The number of benzene rings is 3. The number of aliphatic carboxylic acids is 2. The highest BCUT2D eigenvalue weighted by Crippen LogP contribution is 2.41. The van der Waals surface area contributed by atoms with Gasteiger partial charge < -0.3 is 29.7 Å². The quantitative estimate of drug-likeness (QED) is 0.115. The highest BCUT2D eigenvalue weighted by atomic mass is 19.4. The number of carbonyl (C=O) groups is 3. The maximum absolute atomic E-state index is 14.8. The zero-order valence-electron chi connectivity index (χ0n) is 28.0. The summed E-state index contributed by atoms with van der Waals surface area (Å²) in [5.41, 5.74) is -5.65. The molecular formula is C34H31F10NO8. The molecule has 0 aromatic heterocycles. The Labute approximate surface area is 294 Å². The normalized spacial score (nSPS) is 14.0. The van der Waals surface area contributed by atoms with E-state index in [1.165, 1.54) is 13.2 Å².